The van der Waals surface area contributed by atoms with Crippen molar-refractivity contribution in [1.29, 1.82) is 0 Å². The van der Waals surface area contributed by atoms with E-state index in [1.54, 1.807) is 17.4 Å². The summed E-state index contributed by atoms with van der Waals surface area (Å²) >= 11 is 5.00. The summed E-state index contributed by atoms with van der Waals surface area (Å²) in [5.41, 5.74) is 0.794. The van der Waals surface area contributed by atoms with Crippen molar-refractivity contribution in [2.24, 2.45) is 0 Å². The predicted octanol–water partition coefficient (Wildman–Crippen LogP) is 4.63. The Kier molecular flexibility index (Phi) is 5.22. The highest BCUT2D eigenvalue weighted by Crippen LogP contribution is 2.22. The highest BCUT2D eigenvalue weighted by atomic mass is 79.9. The van der Waals surface area contributed by atoms with E-state index in [0.29, 0.717) is 5.89 Å². The normalized spacial score (nSPS) is 11.1. The second-order valence-corrected chi connectivity index (χ2v) is 7.14. The molecule has 2 aromatic heterocycles. The van der Waals surface area contributed by atoms with Gasteiger partial charge in [-0.25, -0.2) is 4.79 Å². The predicted molar refractivity (Wildman–Crippen MR) is 95.3 cm³/mol. The number of esters is 1. The minimum absolute atomic E-state index is 0.0619. The Balaban J connectivity index is 1.57. The van der Waals surface area contributed by atoms with Gasteiger partial charge in [-0.1, -0.05) is 22.0 Å². The third-order valence-corrected chi connectivity index (χ3v) is 4.48. The van der Waals surface area contributed by atoms with Gasteiger partial charge in [-0.2, -0.15) is 0 Å². The first-order valence-electron chi connectivity index (χ1n) is 7.10. The fourth-order valence-electron chi connectivity index (χ4n) is 1.92. The first-order chi connectivity index (χ1) is 11.6. The van der Waals surface area contributed by atoms with Crippen molar-refractivity contribution in [3.8, 4) is 11.5 Å². The van der Waals surface area contributed by atoms with Gasteiger partial charge in [-0.05, 0) is 43.3 Å². The maximum Gasteiger partial charge on any atom is 0.331 e. The minimum atomic E-state index is -0.455. The van der Waals surface area contributed by atoms with E-state index < -0.39 is 5.97 Å². The van der Waals surface area contributed by atoms with Crippen molar-refractivity contribution < 1.29 is 13.9 Å². The summed E-state index contributed by atoms with van der Waals surface area (Å²) < 4.78 is 11.5. The summed E-state index contributed by atoms with van der Waals surface area (Å²) in [5, 5.41) is 7.84. The summed E-state index contributed by atoms with van der Waals surface area (Å²) in [4.78, 5) is 13.9. The van der Waals surface area contributed by atoms with E-state index in [4.69, 9.17) is 9.15 Å². The Bertz CT molecular complexity index is 885. The Morgan fingerprint density at radius 2 is 2.21 bits per heavy atom. The van der Waals surface area contributed by atoms with Gasteiger partial charge < -0.3 is 9.15 Å². The van der Waals surface area contributed by atoms with Crippen LogP contribution in [0.3, 0.4) is 0 Å². The van der Waals surface area contributed by atoms with Crippen LogP contribution in [-0.2, 0) is 16.1 Å². The van der Waals surface area contributed by atoms with Gasteiger partial charge in [0.05, 0.1) is 0 Å². The van der Waals surface area contributed by atoms with Crippen LogP contribution in [0.4, 0.5) is 0 Å². The molecule has 0 spiro atoms. The van der Waals surface area contributed by atoms with Crippen LogP contribution in [0.2, 0.25) is 0 Å². The summed E-state index contributed by atoms with van der Waals surface area (Å²) in [6, 6.07) is 11.5. The molecule has 122 valence electrons. The van der Waals surface area contributed by atoms with Crippen molar-refractivity contribution in [2.45, 2.75) is 13.5 Å². The molecule has 0 fully saturated rings. The molecule has 3 aromatic rings. The molecule has 0 radical (unpaired) electrons. The second kappa shape index (κ2) is 7.55. The molecule has 0 aliphatic rings. The number of carbonyl (C=O) groups excluding carboxylic acids is 1. The molecular formula is C17H13BrN2O3S. The van der Waals surface area contributed by atoms with Crippen LogP contribution in [0.25, 0.3) is 17.5 Å². The van der Waals surface area contributed by atoms with Gasteiger partial charge in [-0.15, -0.1) is 21.5 Å². The van der Waals surface area contributed by atoms with Gasteiger partial charge in [0.25, 0.3) is 5.89 Å². The Morgan fingerprint density at radius 3 is 2.96 bits per heavy atom. The van der Waals surface area contributed by atoms with Gasteiger partial charge in [0, 0.05) is 25.9 Å². The summed E-state index contributed by atoms with van der Waals surface area (Å²) in [7, 11) is 0. The summed E-state index contributed by atoms with van der Waals surface area (Å²) in [6.45, 7) is 1.95. The van der Waals surface area contributed by atoms with E-state index in [9.17, 15) is 4.79 Å². The van der Waals surface area contributed by atoms with E-state index in [1.807, 2.05) is 43.3 Å². The maximum atomic E-state index is 11.7. The van der Waals surface area contributed by atoms with Crippen LogP contribution in [0.1, 0.15) is 15.6 Å². The smallest absolute Gasteiger partial charge is 0.331 e. The molecule has 2 heterocycles. The van der Waals surface area contributed by atoms with E-state index in [1.165, 1.54) is 11.0 Å². The Hall–Kier alpha value is -2.25. The van der Waals surface area contributed by atoms with E-state index in [-0.39, 0.29) is 12.5 Å². The SMILES string of the molecule is Cc1ccc(/C=C/C(=O)OCc2nnc(-c3cccc(Br)c3)o2)s1. The van der Waals surface area contributed by atoms with Crippen molar-refractivity contribution in [1.82, 2.24) is 10.2 Å². The zero-order valence-electron chi connectivity index (χ0n) is 12.7. The van der Waals surface area contributed by atoms with Crippen molar-refractivity contribution in [3.63, 3.8) is 0 Å². The minimum Gasteiger partial charge on any atom is -0.452 e. The molecule has 0 N–H and O–H groups in total. The fraction of sp³-hybridized carbons (Fsp3) is 0.118. The topological polar surface area (TPSA) is 65.2 Å². The largest absolute Gasteiger partial charge is 0.452 e. The number of rotatable bonds is 5. The lowest BCUT2D eigenvalue weighted by molar-refractivity contribution is -0.139. The number of nitrogens with zero attached hydrogens (tertiary/aromatic N) is 2. The molecule has 5 nitrogen and oxygen atoms in total. The molecule has 0 amide bonds. The number of aromatic nitrogens is 2. The highest BCUT2D eigenvalue weighted by molar-refractivity contribution is 9.10. The summed E-state index contributed by atoms with van der Waals surface area (Å²) in [6.07, 6.45) is 3.11. The molecule has 0 aliphatic carbocycles. The first kappa shape index (κ1) is 16.6. The number of hydrogen-bond acceptors (Lipinski definition) is 6. The van der Waals surface area contributed by atoms with Gasteiger partial charge >= 0.3 is 5.97 Å². The number of carbonyl (C=O) groups is 1. The molecule has 7 heteroatoms. The molecule has 0 aliphatic heterocycles. The average molecular weight is 405 g/mol. The number of aryl methyl sites for hydroxylation is 1. The average Bonchev–Trinajstić information content (AvgIpc) is 3.20. The molecule has 0 bridgehead atoms. The summed E-state index contributed by atoms with van der Waals surface area (Å²) in [5.74, 6) is 0.175. The molecule has 0 saturated carbocycles. The van der Waals surface area contributed by atoms with Crippen LogP contribution in [-0.4, -0.2) is 16.2 Å². The molecule has 0 unspecified atom stereocenters. The number of hydrogen-bond donors (Lipinski definition) is 0. The monoisotopic (exact) mass is 404 g/mol. The first-order valence-corrected chi connectivity index (χ1v) is 8.71. The van der Waals surface area contributed by atoms with Gasteiger partial charge in [0.1, 0.15) is 0 Å². The Labute approximate surface area is 151 Å². The van der Waals surface area contributed by atoms with Crippen LogP contribution < -0.4 is 0 Å². The fourth-order valence-corrected chi connectivity index (χ4v) is 3.10. The van der Waals surface area contributed by atoms with E-state index in [0.717, 1.165) is 14.9 Å². The lowest BCUT2D eigenvalue weighted by atomic mass is 10.2. The van der Waals surface area contributed by atoms with Crippen LogP contribution in [0.15, 0.2) is 51.4 Å². The van der Waals surface area contributed by atoms with Crippen molar-refractivity contribution in [3.05, 3.63) is 62.6 Å². The molecular weight excluding hydrogens is 392 g/mol. The van der Waals surface area contributed by atoms with Crippen LogP contribution in [0, 0.1) is 6.92 Å². The van der Waals surface area contributed by atoms with E-state index >= 15 is 0 Å². The lowest BCUT2D eigenvalue weighted by Gasteiger charge is -1.97. The van der Waals surface area contributed by atoms with Crippen molar-refractivity contribution >= 4 is 39.3 Å². The van der Waals surface area contributed by atoms with Crippen LogP contribution in [0.5, 0.6) is 0 Å². The third-order valence-electron chi connectivity index (χ3n) is 3.02. The zero-order valence-corrected chi connectivity index (χ0v) is 15.1. The van der Waals surface area contributed by atoms with Crippen molar-refractivity contribution in [2.75, 3.05) is 0 Å². The Morgan fingerprint density at radius 1 is 1.33 bits per heavy atom. The second-order valence-electron chi connectivity index (χ2n) is 4.90. The van der Waals surface area contributed by atoms with Gasteiger partial charge in [0.2, 0.25) is 5.89 Å². The quantitative estimate of drug-likeness (QED) is 0.458. The van der Waals surface area contributed by atoms with Gasteiger partial charge in [-0.3, -0.25) is 0 Å². The zero-order chi connectivity index (χ0) is 16.9. The number of thiophene rings is 1. The highest BCUT2D eigenvalue weighted by Gasteiger charge is 2.10. The van der Waals surface area contributed by atoms with Crippen LogP contribution >= 0.6 is 27.3 Å². The van der Waals surface area contributed by atoms with E-state index in [2.05, 4.69) is 26.1 Å². The molecule has 3 rings (SSSR count). The third kappa shape index (κ3) is 4.39. The maximum absolute atomic E-state index is 11.7. The lowest BCUT2D eigenvalue weighted by Crippen LogP contribution is -2.00. The number of halogens is 1. The number of ether oxygens (including phenoxy) is 1. The molecule has 24 heavy (non-hydrogen) atoms. The molecule has 0 saturated heterocycles. The van der Waals surface area contributed by atoms with Gasteiger partial charge in [0.15, 0.2) is 6.61 Å². The molecule has 1 aromatic carbocycles. The number of benzene rings is 1. The molecule has 0 atom stereocenters. The standard InChI is InChI=1S/C17H13BrN2O3S/c1-11-5-6-14(24-11)7-8-16(21)22-10-15-19-20-17(23-15)12-3-2-4-13(18)9-12/h2-9H,10H2,1H3/b8-7+.